The van der Waals surface area contributed by atoms with Crippen molar-refractivity contribution in [2.45, 2.75) is 20.0 Å². The summed E-state index contributed by atoms with van der Waals surface area (Å²) in [6.07, 6.45) is 0. The van der Waals surface area contributed by atoms with Crippen LogP contribution in [0.1, 0.15) is 25.7 Å². The van der Waals surface area contributed by atoms with Gasteiger partial charge in [-0.05, 0) is 30.2 Å². The standard InChI is InChI=1S/C14H16N2OS/c1-10-2-7-13(18-10)14(17)16-9-12-5-3-11(8-15)4-6-12/h2-7H,8-9,15H2,1H3,(H,16,17). The highest BCUT2D eigenvalue weighted by Gasteiger charge is 2.07. The van der Waals surface area contributed by atoms with Crippen molar-refractivity contribution >= 4 is 17.2 Å². The molecule has 94 valence electrons. The monoisotopic (exact) mass is 260 g/mol. The number of aryl methyl sites for hydroxylation is 1. The Bertz CT molecular complexity index is 531. The second-order valence-corrected chi connectivity index (χ2v) is 5.40. The first kappa shape index (κ1) is 12.8. The van der Waals surface area contributed by atoms with E-state index < -0.39 is 0 Å². The molecule has 1 heterocycles. The SMILES string of the molecule is Cc1ccc(C(=O)NCc2ccc(CN)cc2)s1. The molecule has 3 N–H and O–H groups in total. The second-order valence-electron chi connectivity index (χ2n) is 4.11. The summed E-state index contributed by atoms with van der Waals surface area (Å²) >= 11 is 1.51. The number of nitrogens with one attached hydrogen (secondary N) is 1. The zero-order chi connectivity index (χ0) is 13.0. The van der Waals surface area contributed by atoms with E-state index in [9.17, 15) is 4.79 Å². The molecule has 18 heavy (non-hydrogen) atoms. The molecule has 3 nitrogen and oxygen atoms in total. The lowest BCUT2D eigenvalue weighted by Crippen LogP contribution is -2.21. The van der Waals surface area contributed by atoms with Gasteiger partial charge in [0.15, 0.2) is 0 Å². The van der Waals surface area contributed by atoms with Gasteiger partial charge in [-0.3, -0.25) is 4.79 Å². The molecule has 0 saturated heterocycles. The van der Waals surface area contributed by atoms with Crippen molar-refractivity contribution < 1.29 is 4.79 Å². The number of hydrogen-bond donors (Lipinski definition) is 2. The number of nitrogens with two attached hydrogens (primary N) is 1. The van der Waals surface area contributed by atoms with Gasteiger partial charge in [-0.1, -0.05) is 24.3 Å². The van der Waals surface area contributed by atoms with Crippen LogP contribution < -0.4 is 11.1 Å². The van der Waals surface area contributed by atoms with Crippen LogP contribution in [0.3, 0.4) is 0 Å². The van der Waals surface area contributed by atoms with Gasteiger partial charge in [-0.2, -0.15) is 0 Å². The van der Waals surface area contributed by atoms with E-state index in [0.29, 0.717) is 13.1 Å². The first-order valence-electron chi connectivity index (χ1n) is 5.81. The van der Waals surface area contributed by atoms with Crippen LogP contribution in [0.2, 0.25) is 0 Å². The van der Waals surface area contributed by atoms with E-state index >= 15 is 0 Å². The topological polar surface area (TPSA) is 55.1 Å². The van der Waals surface area contributed by atoms with Crippen molar-refractivity contribution in [2.24, 2.45) is 5.73 Å². The van der Waals surface area contributed by atoms with Crippen LogP contribution in [0.5, 0.6) is 0 Å². The molecule has 0 aliphatic heterocycles. The van der Waals surface area contributed by atoms with Crippen molar-refractivity contribution in [3.63, 3.8) is 0 Å². The predicted molar refractivity (Wildman–Crippen MR) is 74.6 cm³/mol. The number of benzene rings is 1. The Hall–Kier alpha value is -1.65. The number of carbonyl (C=O) groups excluding carboxylic acids is 1. The summed E-state index contributed by atoms with van der Waals surface area (Å²) in [6.45, 7) is 3.08. The van der Waals surface area contributed by atoms with Gasteiger partial charge >= 0.3 is 0 Å². The highest BCUT2D eigenvalue weighted by atomic mass is 32.1. The van der Waals surface area contributed by atoms with E-state index in [1.165, 1.54) is 11.3 Å². The molecule has 1 aromatic heterocycles. The molecule has 0 bridgehead atoms. The minimum atomic E-state index is -0.0176. The molecule has 2 aromatic rings. The number of rotatable bonds is 4. The molecule has 0 spiro atoms. The Morgan fingerprint density at radius 2 is 1.83 bits per heavy atom. The Morgan fingerprint density at radius 1 is 1.17 bits per heavy atom. The highest BCUT2D eigenvalue weighted by Crippen LogP contribution is 2.14. The lowest BCUT2D eigenvalue weighted by atomic mass is 10.1. The summed E-state index contributed by atoms with van der Waals surface area (Å²) in [4.78, 5) is 13.7. The van der Waals surface area contributed by atoms with Crippen molar-refractivity contribution in [1.29, 1.82) is 0 Å². The molecule has 2 rings (SSSR count). The second kappa shape index (κ2) is 5.80. The molecule has 4 heteroatoms. The minimum absolute atomic E-state index is 0.0176. The summed E-state index contributed by atoms with van der Waals surface area (Å²) < 4.78 is 0. The first-order chi connectivity index (χ1) is 8.69. The van der Waals surface area contributed by atoms with Crippen LogP contribution in [0, 0.1) is 6.92 Å². The maximum absolute atomic E-state index is 11.8. The van der Waals surface area contributed by atoms with Gasteiger partial charge in [0.05, 0.1) is 4.88 Å². The fourth-order valence-electron chi connectivity index (χ4n) is 1.62. The van der Waals surface area contributed by atoms with Crippen LogP contribution in [0.4, 0.5) is 0 Å². The van der Waals surface area contributed by atoms with Crippen molar-refractivity contribution in [3.8, 4) is 0 Å². The molecule has 0 unspecified atom stereocenters. The fraction of sp³-hybridized carbons (Fsp3) is 0.214. The third kappa shape index (κ3) is 3.18. The van der Waals surface area contributed by atoms with Crippen LogP contribution in [-0.4, -0.2) is 5.91 Å². The van der Waals surface area contributed by atoms with Crippen molar-refractivity contribution in [1.82, 2.24) is 5.32 Å². The van der Waals surface area contributed by atoms with E-state index in [1.54, 1.807) is 0 Å². The average Bonchev–Trinajstić information content (AvgIpc) is 2.83. The van der Waals surface area contributed by atoms with Gasteiger partial charge in [-0.25, -0.2) is 0 Å². The summed E-state index contributed by atoms with van der Waals surface area (Å²) in [6, 6.07) is 11.8. The molecule has 0 aliphatic rings. The number of thiophene rings is 1. The van der Waals surface area contributed by atoms with Crippen LogP contribution in [0.25, 0.3) is 0 Å². The summed E-state index contributed by atoms with van der Waals surface area (Å²) in [5.74, 6) is -0.0176. The highest BCUT2D eigenvalue weighted by molar-refractivity contribution is 7.13. The van der Waals surface area contributed by atoms with Gasteiger partial charge in [0.25, 0.3) is 5.91 Å². The molecule has 0 saturated carbocycles. The summed E-state index contributed by atoms with van der Waals surface area (Å²) in [7, 11) is 0. The average molecular weight is 260 g/mol. The zero-order valence-electron chi connectivity index (χ0n) is 10.3. The Kier molecular flexibility index (Phi) is 4.12. The normalized spacial score (nSPS) is 10.3. The molecule has 0 aliphatic carbocycles. The van der Waals surface area contributed by atoms with Gasteiger partial charge < -0.3 is 11.1 Å². The van der Waals surface area contributed by atoms with Crippen LogP contribution >= 0.6 is 11.3 Å². The van der Waals surface area contributed by atoms with Gasteiger partial charge in [0.1, 0.15) is 0 Å². The van der Waals surface area contributed by atoms with Gasteiger partial charge in [0.2, 0.25) is 0 Å². The molecule has 1 amide bonds. The van der Waals surface area contributed by atoms with Gasteiger partial charge in [0, 0.05) is 18.0 Å². The van der Waals surface area contributed by atoms with E-state index in [-0.39, 0.29) is 5.91 Å². The largest absolute Gasteiger partial charge is 0.347 e. The Morgan fingerprint density at radius 3 is 2.39 bits per heavy atom. The molecule has 1 aromatic carbocycles. The third-order valence-corrected chi connectivity index (χ3v) is 3.68. The molecule has 0 fully saturated rings. The third-order valence-electron chi connectivity index (χ3n) is 2.68. The smallest absolute Gasteiger partial charge is 0.261 e. The van der Waals surface area contributed by atoms with E-state index in [4.69, 9.17) is 5.73 Å². The van der Waals surface area contributed by atoms with E-state index in [2.05, 4.69) is 5.32 Å². The van der Waals surface area contributed by atoms with Crippen molar-refractivity contribution in [2.75, 3.05) is 0 Å². The predicted octanol–water partition coefficient (Wildman–Crippen LogP) is 2.45. The number of amides is 1. The molecule has 0 atom stereocenters. The Balaban J connectivity index is 1.92. The van der Waals surface area contributed by atoms with Crippen molar-refractivity contribution in [3.05, 3.63) is 57.3 Å². The van der Waals surface area contributed by atoms with Crippen LogP contribution in [-0.2, 0) is 13.1 Å². The maximum Gasteiger partial charge on any atom is 0.261 e. The minimum Gasteiger partial charge on any atom is -0.347 e. The van der Waals surface area contributed by atoms with E-state index in [1.807, 2.05) is 43.3 Å². The lowest BCUT2D eigenvalue weighted by Gasteiger charge is -2.04. The Labute approximate surface area is 111 Å². The number of hydrogen-bond acceptors (Lipinski definition) is 3. The first-order valence-corrected chi connectivity index (χ1v) is 6.63. The maximum atomic E-state index is 11.8. The quantitative estimate of drug-likeness (QED) is 0.887. The van der Waals surface area contributed by atoms with Crippen LogP contribution in [0.15, 0.2) is 36.4 Å². The summed E-state index contributed by atoms with van der Waals surface area (Å²) in [5, 5.41) is 2.91. The zero-order valence-corrected chi connectivity index (χ0v) is 11.1. The fourth-order valence-corrected chi connectivity index (χ4v) is 2.40. The molecular weight excluding hydrogens is 244 g/mol. The summed E-state index contributed by atoms with van der Waals surface area (Å²) in [5.41, 5.74) is 7.71. The molecular formula is C14H16N2OS. The van der Waals surface area contributed by atoms with Gasteiger partial charge in [-0.15, -0.1) is 11.3 Å². The van der Waals surface area contributed by atoms with E-state index in [0.717, 1.165) is 20.9 Å². The number of carbonyl (C=O) groups is 1. The lowest BCUT2D eigenvalue weighted by molar-refractivity contribution is 0.0955. The molecule has 0 radical (unpaired) electrons.